The van der Waals surface area contributed by atoms with Crippen molar-refractivity contribution in [3.8, 4) is 11.3 Å². The molecular formula is C15H14F2N6O. The minimum absolute atomic E-state index is 0.00424. The van der Waals surface area contributed by atoms with E-state index in [1.54, 1.807) is 13.8 Å². The van der Waals surface area contributed by atoms with E-state index >= 15 is 0 Å². The van der Waals surface area contributed by atoms with E-state index < -0.39 is 22.9 Å². The SMILES string of the molecule is CC(C)n1c(=O)c(-c2cc(F)c(N)c(F)c2)nc2cnc(N)nc21. The van der Waals surface area contributed by atoms with Gasteiger partial charge >= 0.3 is 0 Å². The average Bonchev–Trinajstić information content (AvgIpc) is 2.51. The third kappa shape index (κ3) is 2.43. The van der Waals surface area contributed by atoms with E-state index in [1.807, 2.05) is 0 Å². The van der Waals surface area contributed by atoms with Crippen molar-refractivity contribution in [2.75, 3.05) is 11.5 Å². The maximum Gasteiger partial charge on any atom is 0.278 e. The van der Waals surface area contributed by atoms with Crippen LogP contribution < -0.4 is 17.0 Å². The van der Waals surface area contributed by atoms with Crippen LogP contribution in [0.15, 0.2) is 23.1 Å². The van der Waals surface area contributed by atoms with Crippen LogP contribution in [0.25, 0.3) is 22.4 Å². The topological polar surface area (TPSA) is 113 Å². The van der Waals surface area contributed by atoms with Gasteiger partial charge in [-0.05, 0) is 26.0 Å². The van der Waals surface area contributed by atoms with E-state index in [4.69, 9.17) is 11.5 Å². The van der Waals surface area contributed by atoms with Crippen LogP contribution in [0.3, 0.4) is 0 Å². The molecule has 7 nitrogen and oxygen atoms in total. The van der Waals surface area contributed by atoms with E-state index in [0.717, 1.165) is 12.1 Å². The summed E-state index contributed by atoms with van der Waals surface area (Å²) in [4.78, 5) is 24.8. The lowest BCUT2D eigenvalue weighted by Crippen LogP contribution is -2.26. The Labute approximate surface area is 135 Å². The fraction of sp³-hybridized carbons (Fsp3) is 0.200. The summed E-state index contributed by atoms with van der Waals surface area (Å²) in [5.41, 5.74) is 10.1. The number of halogens is 2. The summed E-state index contributed by atoms with van der Waals surface area (Å²) in [6, 6.07) is 1.66. The van der Waals surface area contributed by atoms with Crippen LogP contribution in [0, 0.1) is 11.6 Å². The zero-order chi connectivity index (χ0) is 17.6. The molecule has 0 unspecified atom stereocenters. The second-order valence-corrected chi connectivity index (χ2v) is 5.52. The van der Waals surface area contributed by atoms with Crippen molar-refractivity contribution in [1.29, 1.82) is 0 Å². The molecular weight excluding hydrogens is 318 g/mol. The van der Waals surface area contributed by atoms with Crippen molar-refractivity contribution in [3.05, 3.63) is 40.3 Å². The number of fused-ring (bicyclic) bond motifs is 1. The third-order valence-corrected chi connectivity index (χ3v) is 3.52. The Morgan fingerprint density at radius 1 is 1.12 bits per heavy atom. The Balaban J connectivity index is 2.40. The van der Waals surface area contributed by atoms with Crippen molar-refractivity contribution in [2.45, 2.75) is 19.9 Å². The van der Waals surface area contributed by atoms with Gasteiger partial charge in [-0.2, -0.15) is 4.98 Å². The first-order chi connectivity index (χ1) is 11.3. The quantitative estimate of drug-likeness (QED) is 0.693. The molecule has 24 heavy (non-hydrogen) atoms. The summed E-state index contributed by atoms with van der Waals surface area (Å²) in [7, 11) is 0. The third-order valence-electron chi connectivity index (χ3n) is 3.52. The van der Waals surface area contributed by atoms with Gasteiger partial charge < -0.3 is 11.5 Å². The highest BCUT2D eigenvalue weighted by Crippen LogP contribution is 2.24. The molecule has 1 aromatic carbocycles. The molecule has 0 bridgehead atoms. The van der Waals surface area contributed by atoms with Gasteiger partial charge in [-0.3, -0.25) is 9.36 Å². The second kappa shape index (κ2) is 5.52. The molecule has 0 aliphatic rings. The molecule has 0 saturated carbocycles. The highest BCUT2D eigenvalue weighted by Gasteiger charge is 2.18. The van der Waals surface area contributed by atoms with Crippen molar-refractivity contribution in [3.63, 3.8) is 0 Å². The van der Waals surface area contributed by atoms with Gasteiger partial charge in [-0.1, -0.05) is 0 Å². The van der Waals surface area contributed by atoms with Crippen LogP contribution in [0.1, 0.15) is 19.9 Å². The molecule has 2 aromatic heterocycles. The minimum Gasteiger partial charge on any atom is -0.394 e. The fourth-order valence-corrected chi connectivity index (χ4v) is 2.40. The lowest BCUT2D eigenvalue weighted by molar-refractivity contribution is 0.589. The van der Waals surface area contributed by atoms with Gasteiger partial charge in [0.05, 0.1) is 6.20 Å². The van der Waals surface area contributed by atoms with Crippen LogP contribution in [-0.4, -0.2) is 19.5 Å². The van der Waals surface area contributed by atoms with E-state index in [1.165, 1.54) is 10.8 Å². The number of benzene rings is 1. The Morgan fingerprint density at radius 3 is 2.33 bits per heavy atom. The largest absolute Gasteiger partial charge is 0.394 e. The number of aromatic nitrogens is 4. The molecule has 0 amide bonds. The number of anilines is 2. The average molecular weight is 332 g/mol. The van der Waals surface area contributed by atoms with Crippen molar-refractivity contribution in [1.82, 2.24) is 19.5 Å². The molecule has 4 N–H and O–H groups in total. The molecule has 2 heterocycles. The molecule has 0 saturated heterocycles. The first kappa shape index (κ1) is 15.8. The van der Waals surface area contributed by atoms with Crippen molar-refractivity contribution in [2.24, 2.45) is 0 Å². The normalized spacial score (nSPS) is 11.4. The van der Waals surface area contributed by atoms with Crippen LogP contribution in [0.2, 0.25) is 0 Å². The summed E-state index contributed by atoms with van der Waals surface area (Å²) in [5, 5.41) is 0. The molecule has 0 spiro atoms. The molecule has 0 radical (unpaired) electrons. The number of nitrogens with two attached hydrogens (primary N) is 2. The highest BCUT2D eigenvalue weighted by atomic mass is 19.1. The zero-order valence-corrected chi connectivity index (χ0v) is 12.9. The predicted octanol–water partition coefficient (Wildman–Crippen LogP) is 1.88. The maximum atomic E-state index is 13.7. The summed E-state index contributed by atoms with van der Waals surface area (Å²) >= 11 is 0. The maximum absolute atomic E-state index is 13.7. The van der Waals surface area contributed by atoms with Crippen LogP contribution in [0.5, 0.6) is 0 Å². The van der Waals surface area contributed by atoms with E-state index in [-0.39, 0.29) is 34.4 Å². The highest BCUT2D eigenvalue weighted by molar-refractivity contribution is 5.75. The van der Waals surface area contributed by atoms with Gasteiger partial charge in [0.2, 0.25) is 5.95 Å². The van der Waals surface area contributed by atoms with E-state index in [2.05, 4.69) is 15.0 Å². The van der Waals surface area contributed by atoms with Crippen molar-refractivity contribution >= 4 is 22.8 Å². The number of hydrogen-bond acceptors (Lipinski definition) is 6. The molecule has 0 fully saturated rings. The molecule has 3 rings (SSSR count). The summed E-state index contributed by atoms with van der Waals surface area (Å²) in [5.74, 6) is -1.93. The Bertz CT molecular complexity index is 992. The van der Waals surface area contributed by atoms with Gasteiger partial charge in [0.15, 0.2) is 5.65 Å². The van der Waals surface area contributed by atoms with Gasteiger partial charge in [-0.15, -0.1) is 0 Å². The standard InChI is InChI=1S/C15H14F2N6O/c1-6(2)23-13-10(5-20-15(19)22-13)21-12(14(23)24)7-3-8(16)11(18)9(17)4-7/h3-6H,18H2,1-2H3,(H2,19,20,22). The lowest BCUT2D eigenvalue weighted by atomic mass is 10.1. The number of nitrogen functional groups attached to an aromatic ring is 2. The Kier molecular flexibility index (Phi) is 3.63. The van der Waals surface area contributed by atoms with Crippen molar-refractivity contribution < 1.29 is 8.78 Å². The molecule has 9 heteroatoms. The number of nitrogens with zero attached hydrogens (tertiary/aromatic N) is 4. The molecule has 0 aliphatic heterocycles. The first-order valence-corrected chi connectivity index (χ1v) is 7.09. The molecule has 3 aromatic rings. The zero-order valence-electron chi connectivity index (χ0n) is 12.9. The Hall–Kier alpha value is -3.10. The number of hydrogen-bond donors (Lipinski definition) is 2. The monoisotopic (exact) mass is 332 g/mol. The predicted molar refractivity (Wildman–Crippen MR) is 86.2 cm³/mol. The summed E-state index contributed by atoms with van der Waals surface area (Å²) in [6.45, 7) is 3.54. The van der Waals surface area contributed by atoms with Crippen LogP contribution >= 0.6 is 0 Å². The minimum atomic E-state index is -0.962. The van der Waals surface area contributed by atoms with Gasteiger partial charge in [0.1, 0.15) is 28.5 Å². The summed E-state index contributed by atoms with van der Waals surface area (Å²) < 4.78 is 28.8. The Morgan fingerprint density at radius 2 is 1.75 bits per heavy atom. The van der Waals surface area contributed by atoms with Crippen LogP contribution in [-0.2, 0) is 0 Å². The molecule has 124 valence electrons. The second-order valence-electron chi connectivity index (χ2n) is 5.52. The van der Waals surface area contributed by atoms with Gasteiger partial charge in [-0.25, -0.2) is 18.7 Å². The van der Waals surface area contributed by atoms with E-state index in [9.17, 15) is 13.6 Å². The van der Waals surface area contributed by atoms with E-state index in [0.29, 0.717) is 0 Å². The van der Waals surface area contributed by atoms with Gasteiger partial charge in [0, 0.05) is 11.6 Å². The first-order valence-electron chi connectivity index (χ1n) is 7.09. The van der Waals surface area contributed by atoms with Gasteiger partial charge in [0.25, 0.3) is 5.56 Å². The number of rotatable bonds is 2. The lowest BCUT2D eigenvalue weighted by Gasteiger charge is -2.15. The molecule has 0 aliphatic carbocycles. The smallest absolute Gasteiger partial charge is 0.278 e. The molecule has 0 atom stereocenters. The fourth-order valence-electron chi connectivity index (χ4n) is 2.40. The summed E-state index contributed by atoms with van der Waals surface area (Å²) in [6.07, 6.45) is 1.35. The van der Waals surface area contributed by atoms with Crippen LogP contribution in [0.4, 0.5) is 20.4 Å².